The lowest BCUT2D eigenvalue weighted by Gasteiger charge is -2.27. The molecule has 1 aliphatic heterocycles. The average Bonchev–Trinajstić information content (AvgIpc) is 2.17. The minimum Gasteiger partial charge on any atom is -0.351 e. The summed E-state index contributed by atoms with van der Waals surface area (Å²) in [6, 6.07) is 0.401. The molecule has 0 aromatic heterocycles. The van der Waals surface area contributed by atoms with Gasteiger partial charge in [0.05, 0.1) is 6.04 Å². The van der Waals surface area contributed by atoms with Crippen LogP contribution in [0, 0.1) is 0 Å². The van der Waals surface area contributed by atoms with Crippen molar-refractivity contribution in [2.75, 3.05) is 13.1 Å². The van der Waals surface area contributed by atoms with Crippen LogP contribution in [0.1, 0.15) is 51.9 Å². The topological polar surface area (TPSA) is 41.1 Å². The second-order valence-corrected chi connectivity index (χ2v) is 4.44. The van der Waals surface area contributed by atoms with E-state index in [9.17, 15) is 4.79 Å². The standard InChI is InChI=1S/C12H24N2O.2ClH/c1-2-3-4-5-6-7-8-12(15)14-11-9-13-10-11;;/h11,13H,2-10H2,1H3,(H,14,15);2*1H. The van der Waals surface area contributed by atoms with Crippen LogP contribution in [0.25, 0.3) is 0 Å². The lowest BCUT2D eigenvalue weighted by Crippen LogP contribution is -2.56. The Balaban J connectivity index is 0. The average molecular weight is 285 g/mol. The van der Waals surface area contributed by atoms with E-state index in [0.29, 0.717) is 12.5 Å². The second kappa shape index (κ2) is 12.5. The Morgan fingerprint density at radius 2 is 1.71 bits per heavy atom. The molecule has 0 aliphatic carbocycles. The molecule has 1 aliphatic rings. The van der Waals surface area contributed by atoms with Crippen molar-refractivity contribution in [3.63, 3.8) is 0 Å². The number of amides is 1. The van der Waals surface area contributed by atoms with Gasteiger partial charge in [-0.3, -0.25) is 4.79 Å². The molecular formula is C12H26Cl2N2O. The fourth-order valence-corrected chi connectivity index (χ4v) is 1.76. The Kier molecular flexibility index (Phi) is 14.2. The van der Waals surface area contributed by atoms with E-state index in [4.69, 9.17) is 0 Å². The summed E-state index contributed by atoms with van der Waals surface area (Å²) in [5.74, 6) is 0.233. The van der Waals surface area contributed by atoms with Crippen molar-refractivity contribution in [1.29, 1.82) is 0 Å². The Morgan fingerprint density at radius 1 is 1.12 bits per heavy atom. The summed E-state index contributed by atoms with van der Waals surface area (Å²) in [5, 5.41) is 6.16. The van der Waals surface area contributed by atoms with Gasteiger partial charge in [0.2, 0.25) is 5.91 Å². The van der Waals surface area contributed by atoms with E-state index in [1.807, 2.05) is 0 Å². The largest absolute Gasteiger partial charge is 0.351 e. The maximum absolute atomic E-state index is 11.4. The van der Waals surface area contributed by atoms with Crippen LogP contribution < -0.4 is 10.6 Å². The van der Waals surface area contributed by atoms with Crippen molar-refractivity contribution < 1.29 is 4.79 Å². The van der Waals surface area contributed by atoms with Gasteiger partial charge in [0.15, 0.2) is 0 Å². The molecular weight excluding hydrogens is 259 g/mol. The predicted molar refractivity (Wildman–Crippen MR) is 77.3 cm³/mol. The van der Waals surface area contributed by atoms with E-state index in [2.05, 4.69) is 17.6 Å². The van der Waals surface area contributed by atoms with Crippen molar-refractivity contribution in [2.45, 2.75) is 57.9 Å². The van der Waals surface area contributed by atoms with Crippen molar-refractivity contribution in [1.82, 2.24) is 10.6 Å². The molecule has 104 valence electrons. The fraction of sp³-hybridized carbons (Fsp3) is 0.917. The van der Waals surface area contributed by atoms with Crippen LogP contribution >= 0.6 is 24.8 Å². The Hall–Kier alpha value is 0.01000. The number of unbranched alkanes of at least 4 members (excludes halogenated alkanes) is 5. The second-order valence-electron chi connectivity index (χ2n) is 4.44. The van der Waals surface area contributed by atoms with Crippen LogP contribution in [0.3, 0.4) is 0 Å². The highest BCUT2D eigenvalue weighted by Gasteiger charge is 2.17. The maximum atomic E-state index is 11.4. The zero-order chi connectivity index (χ0) is 10.9. The number of rotatable bonds is 8. The van der Waals surface area contributed by atoms with Crippen LogP contribution in [0.2, 0.25) is 0 Å². The number of nitrogens with one attached hydrogen (secondary N) is 2. The summed E-state index contributed by atoms with van der Waals surface area (Å²) in [6.45, 7) is 4.12. The molecule has 5 heteroatoms. The van der Waals surface area contributed by atoms with Gasteiger partial charge in [0.1, 0.15) is 0 Å². The molecule has 1 saturated heterocycles. The summed E-state index contributed by atoms with van der Waals surface area (Å²) in [4.78, 5) is 11.4. The molecule has 0 bridgehead atoms. The molecule has 0 aromatic carbocycles. The lowest BCUT2D eigenvalue weighted by molar-refractivity contribution is -0.122. The van der Waals surface area contributed by atoms with Crippen LogP contribution in [-0.2, 0) is 4.79 Å². The smallest absolute Gasteiger partial charge is 0.220 e. The van der Waals surface area contributed by atoms with E-state index in [1.165, 1.54) is 32.1 Å². The molecule has 0 unspecified atom stereocenters. The number of hydrogen-bond acceptors (Lipinski definition) is 2. The molecule has 3 nitrogen and oxygen atoms in total. The Labute approximate surface area is 117 Å². The highest BCUT2D eigenvalue weighted by atomic mass is 35.5. The van der Waals surface area contributed by atoms with Gasteiger partial charge in [0, 0.05) is 19.5 Å². The molecule has 2 N–H and O–H groups in total. The molecule has 0 aromatic rings. The van der Waals surface area contributed by atoms with Crippen LogP contribution in [0.4, 0.5) is 0 Å². The van der Waals surface area contributed by atoms with Gasteiger partial charge >= 0.3 is 0 Å². The van der Waals surface area contributed by atoms with Gasteiger partial charge in [-0.2, -0.15) is 0 Å². The summed E-state index contributed by atoms with van der Waals surface area (Å²) in [6.07, 6.45) is 8.19. The van der Waals surface area contributed by atoms with Gasteiger partial charge in [-0.05, 0) is 6.42 Å². The third-order valence-corrected chi connectivity index (χ3v) is 2.90. The first-order valence-corrected chi connectivity index (χ1v) is 6.33. The highest BCUT2D eigenvalue weighted by molar-refractivity contribution is 5.85. The first-order valence-electron chi connectivity index (χ1n) is 6.33. The quantitative estimate of drug-likeness (QED) is 0.673. The molecule has 1 amide bonds. The summed E-state index contributed by atoms with van der Waals surface area (Å²) < 4.78 is 0. The van der Waals surface area contributed by atoms with E-state index in [1.54, 1.807) is 0 Å². The van der Waals surface area contributed by atoms with Gasteiger partial charge in [-0.15, -0.1) is 24.8 Å². The van der Waals surface area contributed by atoms with Crippen molar-refractivity contribution >= 4 is 30.7 Å². The fourth-order valence-electron chi connectivity index (χ4n) is 1.76. The summed E-state index contributed by atoms with van der Waals surface area (Å²) >= 11 is 0. The highest BCUT2D eigenvalue weighted by Crippen LogP contribution is 2.06. The zero-order valence-corrected chi connectivity index (χ0v) is 12.3. The molecule has 1 heterocycles. The molecule has 0 spiro atoms. The van der Waals surface area contributed by atoms with Crippen LogP contribution in [0.5, 0.6) is 0 Å². The SMILES string of the molecule is CCCCCCCCC(=O)NC1CNC1.Cl.Cl. The summed E-state index contributed by atoms with van der Waals surface area (Å²) in [7, 11) is 0. The number of carbonyl (C=O) groups excluding carboxylic acids is 1. The van der Waals surface area contributed by atoms with Crippen molar-refractivity contribution in [2.24, 2.45) is 0 Å². The minimum absolute atomic E-state index is 0. The monoisotopic (exact) mass is 284 g/mol. The molecule has 1 rings (SSSR count). The van der Waals surface area contributed by atoms with Gasteiger partial charge in [-0.25, -0.2) is 0 Å². The molecule has 1 fully saturated rings. The van der Waals surface area contributed by atoms with E-state index < -0.39 is 0 Å². The first kappa shape index (κ1) is 19.4. The molecule has 0 atom stereocenters. The summed E-state index contributed by atoms with van der Waals surface area (Å²) in [5.41, 5.74) is 0. The van der Waals surface area contributed by atoms with Crippen LogP contribution in [0.15, 0.2) is 0 Å². The van der Waals surface area contributed by atoms with Crippen LogP contribution in [-0.4, -0.2) is 25.0 Å². The van der Waals surface area contributed by atoms with Crippen molar-refractivity contribution in [3.05, 3.63) is 0 Å². The van der Waals surface area contributed by atoms with Gasteiger partial charge in [0.25, 0.3) is 0 Å². The van der Waals surface area contributed by atoms with Gasteiger partial charge in [-0.1, -0.05) is 39.0 Å². The van der Waals surface area contributed by atoms with E-state index in [-0.39, 0.29) is 30.7 Å². The molecule has 0 saturated carbocycles. The first-order chi connectivity index (χ1) is 7.33. The minimum atomic E-state index is 0. The van der Waals surface area contributed by atoms with E-state index in [0.717, 1.165) is 19.5 Å². The normalized spacial score (nSPS) is 14.2. The number of hydrogen-bond donors (Lipinski definition) is 2. The van der Waals surface area contributed by atoms with Crippen molar-refractivity contribution in [3.8, 4) is 0 Å². The van der Waals surface area contributed by atoms with E-state index >= 15 is 0 Å². The zero-order valence-electron chi connectivity index (χ0n) is 10.7. The number of halogens is 2. The Morgan fingerprint density at radius 3 is 2.24 bits per heavy atom. The third kappa shape index (κ3) is 9.69. The lowest BCUT2D eigenvalue weighted by atomic mass is 10.1. The predicted octanol–water partition coefficient (Wildman–Crippen LogP) is 2.67. The third-order valence-electron chi connectivity index (χ3n) is 2.90. The molecule has 0 radical (unpaired) electrons. The number of carbonyl (C=O) groups is 1. The maximum Gasteiger partial charge on any atom is 0.220 e. The molecule has 17 heavy (non-hydrogen) atoms. The Bertz CT molecular complexity index is 187. The van der Waals surface area contributed by atoms with Gasteiger partial charge < -0.3 is 10.6 Å².